The van der Waals surface area contributed by atoms with E-state index in [4.69, 9.17) is 0 Å². The molecule has 0 bridgehead atoms. The molecule has 120 valence electrons. The van der Waals surface area contributed by atoms with Gasteiger partial charge in [0.2, 0.25) is 0 Å². The van der Waals surface area contributed by atoms with Crippen molar-refractivity contribution in [2.75, 3.05) is 0 Å². The summed E-state index contributed by atoms with van der Waals surface area (Å²) in [6.45, 7) is 0. The lowest BCUT2D eigenvalue weighted by Crippen LogP contribution is -1.93. The first-order chi connectivity index (χ1) is 12.3. The standard InChI is InChI=1S/C21H13BrN2S/c22-20-13-23-21(25-20)14-6-5-7-15(12-14)24-18-10-3-1-8-16(18)17-9-2-4-11-19(17)24/h1-13H. The predicted octanol–water partition coefficient (Wildman–Crippen LogP) is 6.67. The highest BCUT2D eigenvalue weighted by Crippen LogP contribution is 2.34. The highest BCUT2D eigenvalue weighted by molar-refractivity contribution is 9.11. The van der Waals surface area contributed by atoms with Gasteiger partial charge in [-0.25, -0.2) is 4.98 Å². The molecule has 25 heavy (non-hydrogen) atoms. The molecule has 0 aliphatic rings. The zero-order valence-electron chi connectivity index (χ0n) is 13.2. The van der Waals surface area contributed by atoms with Gasteiger partial charge in [-0.15, -0.1) is 11.3 Å². The minimum absolute atomic E-state index is 1.02. The Kier molecular flexibility index (Phi) is 3.47. The molecule has 5 aromatic rings. The second kappa shape index (κ2) is 5.83. The fourth-order valence-corrected chi connectivity index (χ4v) is 4.57. The maximum atomic E-state index is 4.50. The van der Waals surface area contributed by atoms with Crippen LogP contribution in [0.25, 0.3) is 38.1 Å². The van der Waals surface area contributed by atoms with E-state index in [1.165, 1.54) is 21.8 Å². The Bertz CT molecular complexity index is 1170. The second-order valence-electron chi connectivity index (χ2n) is 5.89. The first-order valence-corrected chi connectivity index (χ1v) is 9.62. The molecule has 3 aromatic carbocycles. The van der Waals surface area contributed by atoms with Gasteiger partial charge >= 0.3 is 0 Å². The SMILES string of the molecule is Brc1cnc(-c2cccc(-n3c4ccccc4c4ccccc43)c2)s1. The Morgan fingerprint density at radius 1 is 0.800 bits per heavy atom. The quantitative estimate of drug-likeness (QED) is 0.321. The van der Waals surface area contributed by atoms with E-state index in [-0.39, 0.29) is 0 Å². The molecule has 0 saturated carbocycles. The fraction of sp³-hybridized carbons (Fsp3) is 0. The topological polar surface area (TPSA) is 17.8 Å². The van der Waals surface area contributed by atoms with E-state index in [0.717, 1.165) is 20.0 Å². The van der Waals surface area contributed by atoms with Crippen molar-refractivity contribution in [1.82, 2.24) is 9.55 Å². The number of benzene rings is 3. The number of para-hydroxylation sites is 2. The summed E-state index contributed by atoms with van der Waals surface area (Å²) in [6, 6.07) is 25.7. The number of rotatable bonds is 2. The fourth-order valence-electron chi connectivity index (χ4n) is 3.37. The number of thiazole rings is 1. The van der Waals surface area contributed by atoms with Crippen LogP contribution < -0.4 is 0 Å². The number of aromatic nitrogens is 2. The Morgan fingerprint density at radius 2 is 1.48 bits per heavy atom. The van der Waals surface area contributed by atoms with Crippen molar-refractivity contribution >= 4 is 49.1 Å². The van der Waals surface area contributed by atoms with Gasteiger partial charge in [0.1, 0.15) is 5.01 Å². The zero-order chi connectivity index (χ0) is 16.8. The van der Waals surface area contributed by atoms with Gasteiger partial charge in [0, 0.05) is 22.0 Å². The van der Waals surface area contributed by atoms with E-state index < -0.39 is 0 Å². The van der Waals surface area contributed by atoms with Gasteiger partial charge in [-0.1, -0.05) is 48.5 Å². The molecular weight excluding hydrogens is 392 g/mol. The summed E-state index contributed by atoms with van der Waals surface area (Å²) >= 11 is 5.15. The highest BCUT2D eigenvalue weighted by atomic mass is 79.9. The number of halogens is 1. The monoisotopic (exact) mass is 404 g/mol. The molecule has 0 radical (unpaired) electrons. The van der Waals surface area contributed by atoms with Crippen LogP contribution in [0.2, 0.25) is 0 Å². The molecule has 0 unspecified atom stereocenters. The Hall–Kier alpha value is -2.43. The van der Waals surface area contributed by atoms with Gasteiger partial charge in [-0.3, -0.25) is 0 Å². The van der Waals surface area contributed by atoms with Crippen LogP contribution in [0, 0.1) is 0 Å². The van der Waals surface area contributed by atoms with Crippen LogP contribution in [0.15, 0.2) is 82.8 Å². The zero-order valence-corrected chi connectivity index (χ0v) is 15.6. The minimum Gasteiger partial charge on any atom is -0.309 e. The minimum atomic E-state index is 1.02. The summed E-state index contributed by atoms with van der Waals surface area (Å²) in [4.78, 5) is 4.50. The van der Waals surface area contributed by atoms with Crippen molar-refractivity contribution in [2.45, 2.75) is 0 Å². The third-order valence-electron chi connectivity index (χ3n) is 4.41. The van der Waals surface area contributed by atoms with Crippen LogP contribution >= 0.6 is 27.3 Å². The summed E-state index contributed by atoms with van der Waals surface area (Å²) in [5.41, 5.74) is 4.73. The first-order valence-electron chi connectivity index (χ1n) is 8.01. The van der Waals surface area contributed by atoms with E-state index in [1.54, 1.807) is 11.3 Å². The Balaban J connectivity index is 1.81. The van der Waals surface area contributed by atoms with E-state index in [2.05, 4.69) is 98.3 Å². The van der Waals surface area contributed by atoms with E-state index in [1.807, 2.05) is 6.20 Å². The molecule has 2 heterocycles. The molecule has 0 fully saturated rings. The van der Waals surface area contributed by atoms with E-state index in [9.17, 15) is 0 Å². The molecule has 0 aliphatic carbocycles. The molecule has 0 aliphatic heterocycles. The summed E-state index contributed by atoms with van der Waals surface area (Å²) < 4.78 is 3.38. The van der Waals surface area contributed by atoms with Crippen LogP contribution in [0.1, 0.15) is 0 Å². The largest absolute Gasteiger partial charge is 0.309 e. The van der Waals surface area contributed by atoms with E-state index >= 15 is 0 Å². The van der Waals surface area contributed by atoms with Crippen molar-refractivity contribution in [2.24, 2.45) is 0 Å². The van der Waals surface area contributed by atoms with Crippen LogP contribution in [0.5, 0.6) is 0 Å². The Morgan fingerprint density at radius 3 is 2.12 bits per heavy atom. The summed E-state index contributed by atoms with van der Waals surface area (Å²) in [7, 11) is 0. The van der Waals surface area contributed by atoms with Gasteiger partial charge in [0.15, 0.2) is 0 Å². The van der Waals surface area contributed by atoms with Crippen LogP contribution in [0.4, 0.5) is 0 Å². The normalized spacial score (nSPS) is 11.4. The first kappa shape index (κ1) is 14.9. The van der Waals surface area contributed by atoms with Crippen molar-refractivity contribution in [3.05, 3.63) is 82.8 Å². The van der Waals surface area contributed by atoms with Crippen LogP contribution in [-0.4, -0.2) is 9.55 Å². The summed E-state index contributed by atoms with van der Waals surface area (Å²) in [5, 5.41) is 3.58. The highest BCUT2D eigenvalue weighted by Gasteiger charge is 2.12. The molecular formula is C21H13BrN2S. The summed E-state index contributed by atoms with van der Waals surface area (Å²) in [5.74, 6) is 0. The van der Waals surface area contributed by atoms with Crippen molar-refractivity contribution in [1.29, 1.82) is 0 Å². The number of fused-ring (bicyclic) bond motifs is 3. The lowest BCUT2D eigenvalue weighted by molar-refractivity contribution is 1.18. The van der Waals surface area contributed by atoms with Gasteiger partial charge in [-0.05, 0) is 40.2 Å². The average Bonchev–Trinajstić information content (AvgIpc) is 3.23. The smallest absolute Gasteiger partial charge is 0.124 e. The Labute approximate surface area is 157 Å². The molecule has 0 saturated heterocycles. The summed E-state index contributed by atoms with van der Waals surface area (Å²) in [6.07, 6.45) is 1.85. The number of hydrogen-bond acceptors (Lipinski definition) is 2. The van der Waals surface area contributed by atoms with Gasteiger partial charge < -0.3 is 4.57 Å². The number of hydrogen-bond donors (Lipinski definition) is 0. The van der Waals surface area contributed by atoms with Crippen LogP contribution in [0.3, 0.4) is 0 Å². The number of nitrogens with zero attached hydrogens (tertiary/aromatic N) is 2. The van der Waals surface area contributed by atoms with Gasteiger partial charge in [0.25, 0.3) is 0 Å². The van der Waals surface area contributed by atoms with Gasteiger partial charge in [-0.2, -0.15) is 0 Å². The van der Waals surface area contributed by atoms with Gasteiger partial charge in [0.05, 0.1) is 21.0 Å². The predicted molar refractivity (Wildman–Crippen MR) is 110 cm³/mol. The lowest BCUT2D eigenvalue weighted by Gasteiger charge is -2.09. The maximum absolute atomic E-state index is 4.50. The maximum Gasteiger partial charge on any atom is 0.124 e. The molecule has 0 spiro atoms. The van der Waals surface area contributed by atoms with Crippen molar-refractivity contribution in [3.63, 3.8) is 0 Å². The molecule has 0 atom stereocenters. The molecule has 2 nitrogen and oxygen atoms in total. The molecule has 2 aromatic heterocycles. The lowest BCUT2D eigenvalue weighted by atomic mass is 10.2. The second-order valence-corrected chi connectivity index (χ2v) is 8.30. The third-order valence-corrected chi connectivity index (χ3v) is 5.93. The van der Waals surface area contributed by atoms with Crippen LogP contribution in [-0.2, 0) is 0 Å². The van der Waals surface area contributed by atoms with E-state index in [0.29, 0.717) is 0 Å². The molecule has 0 N–H and O–H groups in total. The molecule has 5 rings (SSSR count). The van der Waals surface area contributed by atoms with Crippen molar-refractivity contribution in [3.8, 4) is 16.3 Å². The third kappa shape index (κ3) is 2.41. The molecule has 0 amide bonds. The van der Waals surface area contributed by atoms with Crippen molar-refractivity contribution < 1.29 is 0 Å². The average molecular weight is 405 g/mol. The molecule has 4 heteroatoms.